The van der Waals surface area contributed by atoms with Crippen molar-refractivity contribution < 1.29 is 23.5 Å². The molecule has 8 nitrogen and oxygen atoms in total. The van der Waals surface area contributed by atoms with Crippen molar-refractivity contribution in [3.63, 3.8) is 0 Å². The predicted molar refractivity (Wildman–Crippen MR) is 112 cm³/mol. The molecule has 2 amide bonds. The Morgan fingerprint density at radius 3 is 2.71 bits per heavy atom. The molecule has 0 spiro atoms. The van der Waals surface area contributed by atoms with Gasteiger partial charge in [0.2, 0.25) is 0 Å². The Kier molecular flexibility index (Phi) is 5.21. The van der Waals surface area contributed by atoms with Crippen LogP contribution in [0, 0.1) is 5.82 Å². The van der Waals surface area contributed by atoms with Gasteiger partial charge in [-0.1, -0.05) is 6.07 Å². The first kappa shape index (κ1) is 19.8. The lowest BCUT2D eigenvalue weighted by atomic mass is 10.0. The number of nitrogens with zero attached hydrogens (tertiary/aromatic N) is 2. The lowest BCUT2D eigenvalue weighted by Gasteiger charge is -2.25. The molecule has 0 unspecified atom stereocenters. The highest BCUT2D eigenvalue weighted by Crippen LogP contribution is 2.37. The highest BCUT2D eigenvalue weighted by atomic mass is 19.1. The van der Waals surface area contributed by atoms with Gasteiger partial charge in [0.15, 0.2) is 0 Å². The molecular weight excluding hydrogens is 403 g/mol. The maximum atomic E-state index is 15.4. The Bertz CT molecular complexity index is 1060. The third-order valence-electron chi connectivity index (χ3n) is 5.77. The number of cyclic esters (lactones) is 1. The van der Waals surface area contributed by atoms with Crippen LogP contribution in [0.3, 0.4) is 0 Å². The van der Waals surface area contributed by atoms with Crippen LogP contribution in [0.2, 0.25) is 0 Å². The summed E-state index contributed by atoms with van der Waals surface area (Å²) < 4.78 is 25.6. The number of amides is 2. The van der Waals surface area contributed by atoms with Crippen LogP contribution in [0.1, 0.15) is 22.4 Å². The quantitative estimate of drug-likeness (QED) is 0.718. The van der Waals surface area contributed by atoms with Gasteiger partial charge in [0, 0.05) is 42.7 Å². The highest BCUT2D eigenvalue weighted by Gasteiger charge is 2.31. The summed E-state index contributed by atoms with van der Waals surface area (Å²) in [6.07, 6.45) is 3.12. The summed E-state index contributed by atoms with van der Waals surface area (Å²) in [7, 11) is 0. The van der Waals surface area contributed by atoms with Gasteiger partial charge in [-0.05, 0) is 23.8 Å². The number of nitrogens with one attached hydrogen (secondary N) is 2. The van der Waals surface area contributed by atoms with Crippen LogP contribution in [0.4, 0.5) is 14.9 Å². The number of aromatic nitrogens is 1. The van der Waals surface area contributed by atoms with Gasteiger partial charge in [-0.2, -0.15) is 0 Å². The smallest absolute Gasteiger partial charge is 0.410 e. The molecule has 1 aromatic carbocycles. The second kappa shape index (κ2) is 8.16. The van der Waals surface area contributed by atoms with E-state index in [4.69, 9.17) is 9.47 Å². The number of fused-ring (bicyclic) bond motifs is 1. The number of halogens is 1. The molecule has 162 valence electrons. The van der Waals surface area contributed by atoms with Crippen molar-refractivity contribution in [2.45, 2.75) is 13.1 Å². The van der Waals surface area contributed by atoms with Crippen molar-refractivity contribution in [1.29, 1.82) is 0 Å². The van der Waals surface area contributed by atoms with E-state index in [-0.39, 0.29) is 23.6 Å². The topological polar surface area (TPSA) is 86.9 Å². The van der Waals surface area contributed by atoms with E-state index in [1.165, 1.54) is 4.90 Å². The number of morpholine rings is 1. The SMILES string of the molecule is O=C1Nc2ccc(CN3CCOC3=O)c(F)c2/C1=C/c1cc(CN2CCOCC2)c[nH]1. The van der Waals surface area contributed by atoms with Gasteiger partial charge in [-0.3, -0.25) is 9.69 Å². The number of anilines is 1. The molecule has 2 fully saturated rings. The molecule has 0 radical (unpaired) electrons. The molecular formula is C22H23FN4O4. The van der Waals surface area contributed by atoms with Crippen LogP contribution in [0.5, 0.6) is 0 Å². The molecule has 3 aliphatic heterocycles. The molecule has 9 heteroatoms. The minimum Gasteiger partial charge on any atom is -0.448 e. The molecule has 3 aliphatic rings. The van der Waals surface area contributed by atoms with Crippen LogP contribution in [-0.4, -0.2) is 66.2 Å². The molecule has 2 saturated heterocycles. The van der Waals surface area contributed by atoms with Gasteiger partial charge in [-0.15, -0.1) is 0 Å². The molecule has 0 bridgehead atoms. The van der Waals surface area contributed by atoms with E-state index in [0.717, 1.165) is 44.1 Å². The standard InChI is InChI=1S/C22H23FN4O4/c23-20-15(13-27-5-8-31-22(27)29)1-2-18-19(20)17(21(28)25-18)10-16-9-14(11-24-16)12-26-3-6-30-7-4-26/h1-2,9-11,24H,3-8,12-13H2,(H,25,28)/b17-10-. The third-order valence-corrected chi connectivity index (χ3v) is 5.77. The van der Waals surface area contributed by atoms with E-state index in [2.05, 4.69) is 15.2 Å². The van der Waals surface area contributed by atoms with Crippen molar-refractivity contribution in [3.05, 3.63) is 52.6 Å². The summed E-state index contributed by atoms with van der Waals surface area (Å²) in [5, 5.41) is 2.72. The molecule has 2 aromatic rings. The van der Waals surface area contributed by atoms with Crippen molar-refractivity contribution in [2.75, 3.05) is 44.8 Å². The number of H-pyrrole nitrogens is 1. The van der Waals surface area contributed by atoms with Gasteiger partial charge in [0.25, 0.3) is 5.91 Å². The molecule has 1 aromatic heterocycles. The van der Waals surface area contributed by atoms with Crippen molar-refractivity contribution in [2.24, 2.45) is 0 Å². The first-order chi connectivity index (χ1) is 15.1. The predicted octanol–water partition coefficient (Wildman–Crippen LogP) is 2.43. The highest BCUT2D eigenvalue weighted by molar-refractivity contribution is 6.35. The Labute approximate surface area is 178 Å². The van der Waals surface area contributed by atoms with Crippen molar-refractivity contribution in [3.8, 4) is 0 Å². The Morgan fingerprint density at radius 1 is 1.10 bits per heavy atom. The lowest BCUT2D eigenvalue weighted by Crippen LogP contribution is -2.35. The van der Waals surface area contributed by atoms with Gasteiger partial charge >= 0.3 is 6.09 Å². The fraction of sp³-hybridized carbons (Fsp3) is 0.364. The van der Waals surface area contributed by atoms with Gasteiger partial charge < -0.3 is 24.7 Å². The molecule has 5 rings (SSSR count). The van der Waals surface area contributed by atoms with E-state index in [1.54, 1.807) is 18.2 Å². The number of carbonyl (C=O) groups is 2. The van der Waals surface area contributed by atoms with Crippen LogP contribution in [0.15, 0.2) is 24.4 Å². The summed E-state index contributed by atoms with van der Waals surface area (Å²) in [5.74, 6) is -0.849. The summed E-state index contributed by atoms with van der Waals surface area (Å²) in [6.45, 7) is 4.84. The van der Waals surface area contributed by atoms with E-state index < -0.39 is 11.9 Å². The fourth-order valence-electron chi connectivity index (χ4n) is 4.13. The summed E-state index contributed by atoms with van der Waals surface area (Å²) in [4.78, 5) is 31.2. The van der Waals surface area contributed by atoms with E-state index in [0.29, 0.717) is 24.4 Å². The van der Waals surface area contributed by atoms with Crippen molar-refractivity contribution >= 4 is 29.3 Å². The molecule has 31 heavy (non-hydrogen) atoms. The number of aromatic amines is 1. The molecule has 0 saturated carbocycles. The Morgan fingerprint density at radius 2 is 1.94 bits per heavy atom. The second-order valence-electron chi connectivity index (χ2n) is 7.86. The largest absolute Gasteiger partial charge is 0.448 e. The van der Waals surface area contributed by atoms with Gasteiger partial charge in [0.05, 0.1) is 37.6 Å². The minimum absolute atomic E-state index is 0.103. The number of benzene rings is 1. The summed E-state index contributed by atoms with van der Waals surface area (Å²) in [6, 6.07) is 5.24. The van der Waals surface area contributed by atoms with E-state index >= 15 is 4.39 Å². The van der Waals surface area contributed by atoms with Crippen LogP contribution in [0.25, 0.3) is 11.6 Å². The number of carbonyl (C=O) groups excluding carboxylic acids is 2. The van der Waals surface area contributed by atoms with E-state index in [9.17, 15) is 9.59 Å². The molecule has 4 heterocycles. The number of ether oxygens (including phenoxy) is 2. The van der Waals surface area contributed by atoms with Crippen molar-refractivity contribution in [1.82, 2.24) is 14.8 Å². The van der Waals surface area contributed by atoms with Gasteiger partial charge in [0.1, 0.15) is 12.4 Å². The van der Waals surface area contributed by atoms with Gasteiger partial charge in [-0.25, -0.2) is 9.18 Å². The number of hydrogen-bond acceptors (Lipinski definition) is 5. The first-order valence-electron chi connectivity index (χ1n) is 10.3. The average Bonchev–Trinajstić information content (AvgIpc) is 3.46. The maximum Gasteiger partial charge on any atom is 0.410 e. The van der Waals surface area contributed by atoms with Crippen LogP contribution >= 0.6 is 0 Å². The molecule has 0 aliphatic carbocycles. The van der Waals surface area contributed by atoms with E-state index in [1.807, 2.05) is 12.3 Å². The zero-order chi connectivity index (χ0) is 21.4. The monoisotopic (exact) mass is 426 g/mol. The van der Waals surface area contributed by atoms with Crippen LogP contribution < -0.4 is 5.32 Å². The first-order valence-corrected chi connectivity index (χ1v) is 10.3. The maximum absolute atomic E-state index is 15.4. The third kappa shape index (κ3) is 3.94. The zero-order valence-corrected chi connectivity index (χ0v) is 16.9. The van der Waals surface area contributed by atoms with Crippen LogP contribution in [-0.2, 0) is 27.4 Å². The Balaban J connectivity index is 1.39. The number of hydrogen-bond donors (Lipinski definition) is 2. The molecule has 2 N–H and O–H groups in total. The Hall–Kier alpha value is -3.17. The summed E-state index contributed by atoms with van der Waals surface area (Å²) >= 11 is 0. The lowest BCUT2D eigenvalue weighted by molar-refractivity contribution is -0.110. The summed E-state index contributed by atoms with van der Waals surface area (Å²) in [5.41, 5.74) is 3.10. The number of rotatable bonds is 5. The second-order valence-corrected chi connectivity index (χ2v) is 7.86. The molecule has 0 atom stereocenters. The normalized spacial score (nSPS) is 20.3. The zero-order valence-electron chi connectivity index (χ0n) is 16.9. The average molecular weight is 426 g/mol. The minimum atomic E-state index is -0.498. The fourth-order valence-corrected chi connectivity index (χ4v) is 4.13.